The second-order valence-electron chi connectivity index (χ2n) is 6.98. The second kappa shape index (κ2) is 4.47. The van der Waals surface area contributed by atoms with E-state index in [1.807, 2.05) is 0 Å². The first-order valence-electron chi connectivity index (χ1n) is 7.89. The minimum Gasteiger partial charge on any atom is -0.299 e. The van der Waals surface area contributed by atoms with Crippen LogP contribution in [0.2, 0.25) is 0 Å². The van der Waals surface area contributed by atoms with Crippen LogP contribution in [0.15, 0.2) is 24.3 Å². The molecule has 1 aromatic carbocycles. The monoisotopic (exact) mass is 254 g/mol. The van der Waals surface area contributed by atoms with Crippen molar-refractivity contribution in [1.82, 2.24) is 0 Å². The molecule has 2 fully saturated rings. The summed E-state index contributed by atoms with van der Waals surface area (Å²) < 4.78 is 0. The molecule has 1 nitrogen and oxygen atoms in total. The van der Waals surface area contributed by atoms with Gasteiger partial charge in [0, 0.05) is 12.3 Å². The van der Waals surface area contributed by atoms with Gasteiger partial charge in [0.25, 0.3) is 0 Å². The first-order chi connectivity index (χ1) is 9.29. The molecule has 3 aliphatic carbocycles. The summed E-state index contributed by atoms with van der Waals surface area (Å²) in [5.74, 6) is 3.42. The summed E-state index contributed by atoms with van der Waals surface area (Å²) in [4.78, 5) is 12.5. The van der Waals surface area contributed by atoms with Crippen LogP contribution in [0.4, 0.5) is 0 Å². The van der Waals surface area contributed by atoms with Crippen LogP contribution in [-0.4, -0.2) is 5.78 Å². The number of Topliss-reactive ketones (excluding diaryl/α,β-unsaturated/α-hetero) is 1. The molecular weight excluding hydrogens is 232 g/mol. The van der Waals surface area contributed by atoms with Crippen LogP contribution < -0.4 is 0 Å². The van der Waals surface area contributed by atoms with Crippen LogP contribution in [0, 0.1) is 23.7 Å². The molecule has 1 heteroatoms. The summed E-state index contributed by atoms with van der Waals surface area (Å²) in [7, 11) is 0. The van der Waals surface area contributed by atoms with Gasteiger partial charge in [-0.15, -0.1) is 0 Å². The normalized spacial score (nSPS) is 32.7. The highest BCUT2D eigenvalue weighted by atomic mass is 16.1. The van der Waals surface area contributed by atoms with Gasteiger partial charge >= 0.3 is 0 Å². The number of fused-ring (bicyclic) bond motifs is 3. The van der Waals surface area contributed by atoms with Crippen molar-refractivity contribution in [3.8, 4) is 0 Å². The molecular formula is C18H22O. The molecule has 2 saturated carbocycles. The number of benzene rings is 1. The lowest BCUT2D eigenvalue weighted by atomic mass is 9.82. The first kappa shape index (κ1) is 11.7. The Morgan fingerprint density at radius 2 is 1.79 bits per heavy atom. The van der Waals surface area contributed by atoms with Crippen molar-refractivity contribution >= 4 is 5.78 Å². The Labute approximate surface area is 115 Å². The van der Waals surface area contributed by atoms with Crippen LogP contribution in [0.25, 0.3) is 0 Å². The molecule has 0 N–H and O–H groups in total. The zero-order valence-electron chi connectivity index (χ0n) is 11.5. The van der Waals surface area contributed by atoms with Crippen LogP contribution >= 0.6 is 0 Å². The average Bonchev–Trinajstić information content (AvgIpc) is 3.12. The number of hydrogen-bond donors (Lipinski definition) is 0. The number of rotatable bonds is 3. The fraction of sp³-hybridized carbons (Fsp3) is 0.611. The predicted molar refractivity (Wildman–Crippen MR) is 75.9 cm³/mol. The molecule has 0 aromatic heterocycles. The third-order valence-electron chi connectivity index (χ3n) is 5.85. The van der Waals surface area contributed by atoms with E-state index in [9.17, 15) is 4.79 Å². The lowest BCUT2D eigenvalue weighted by Gasteiger charge is -2.22. The molecule has 0 spiro atoms. The molecule has 0 amide bonds. The van der Waals surface area contributed by atoms with Crippen molar-refractivity contribution in [2.45, 2.75) is 44.9 Å². The van der Waals surface area contributed by atoms with Crippen molar-refractivity contribution in [2.24, 2.45) is 23.7 Å². The largest absolute Gasteiger partial charge is 0.299 e. The van der Waals surface area contributed by atoms with Crippen LogP contribution in [-0.2, 0) is 17.6 Å². The Hall–Kier alpha value is -1.11. The SMILES string of the molecule is O=C(CC1CC2CCC1C2)C1Cc2ccccc2C1. The number of carbonyl (C=O) groups excluding carboxylic acids is 1. The summed E-state index contributed by atoms with van der Waals surface area (Å²) in [5, 5.41) is 0. The maximum atomic E-state index is 12.5. The highest BCUT2D eigenvalue weighted by Gasteiger charge is 2.41. The summed E-state index contributed by atoms with van der Waals surface area (Å²) in [6.07, 6.45) is 8.46. The van der Waals surface area contributed by atoms with E-state index in [1.165, 1.54) is 36.8 Å². The highest BCUT2D eigenvalue weighted by Crippen LogP contribution is 2.50. The zero-order valence-corrected chi connectivity index (χ0v) is 11.5. The van der Waals surface area contributed by atoms with E-state index in [0.29, 0.717) is 5.78 Å². The van der Waals surface area contributed by atoms with E-state index in [-0.39, 0.29) is 5.92 Å². The van der Waals surface area contributed by atoms with Gasteiger partial charge in [0.1, 0.15) is 5.78 Å². The molecule has 2 bridgehead atoms. The van der Waals surface area contributed by atoms with Crippen molar-refractivity contribution < 1.29 is 4.79 Å². The van der Waals surface area contributed by atoms with Gasteiger partial charge in [0.2, 0.25) is 0 Å². The van der Waals surface area contributed by atoms with Gasteiger partial charge in [-0.3, -0.25) is 4.79 Å². The molecule has 0 aliphatic heterocycles. The van der Waals surface area contributed by atoms with Gasteiger partial charge in [-0.2, -0.15) is 0 Å². The first-order valence-corrected chi connectivity index (χ1v) is 7.89. The average molecular weight is 254 g/mol. The standard InChI is InChI=1S/C18H22O/c19-18(11-16-8-12-5-6-15(16)7-12)17-9-13-3-1-2-4-14(13)10-17/h1-4,12,15-17H,5-11H2. The Morgan fingerprint density at radius 3 is 2.37 bits per heavy atom. The lowest BCUT2D eigenvalue weighted by Crippen LogP contribution is -2.21. The highest BCUT2D eigenvalue weighted by molar-refractivity contribution is 5.82. The summed E-state index contributed by atoms with van der Waals surface area (Å²) in [5.41, 5.74) is 2.82. The van der Waals surface area contributed by atoms with Gasteiger partial charge < -0.3 is 0 Å². The number of hydrogen-bond acceptors (Lipinski definition) is 1. The van der Waals surface area contributed by atoms with Crippen molar-refractivity contribution in [3.05, 3.63) is 35.4 Å². The van der Waals surface area contributed by atoms with Crippen LogP contribution in [0.1, 0.15) is 43.2 Å². The molecule has 0 saturated heterocycles. The molecule has 0 radical (unpaired) electrons. The smallest absolute Gasteiger partial charge is 0.136 e. The molecule has 3 unspecified atom stereocenters. The van der Waals surface area contributed by atoms with Crippen LogP contribution in [0.5, 0.6) is 0 Å². The number of ketones is 1. The predicted octanol–water partition coefficient (Wildman–Crippen LogP) is 3.80. The fourth-order valence-electron chi connectivity index (χ4n) is 4.84. The van der Waals surface area contributed by atoms with Crippen molar-refractivity contribution in [3.63, 3.8) is 0 Å². The van der Waals surface area contributed by atoms with Gasteiger partial charge in [0.05, 0.1) is 0 Å². The molecule has 0 heterocycles. The van der Waals surface area contributed by atoms with E-state index in [0.717, 1.165) is 37.0 Å². The van der Waals surface area contributed by atoms with Gasteiger partial charge in [-0.05, 0) is 61.0 Å². The number of carbonyl (C=O) groups is 1. The minimum absolute atomic E-state index is 0.288. The minimum atomic E-state index is 0.288. The Bertz CT molecular complexity index is 479. The van der Waals surface area contributed by atoms with Crippen molar-refractivity contribution in [2.75, 3.05) is 0 Å². The summed E-state index contributed by atoms with van der Waals surface area (Å²) in [6.45, 7) is 0. The molecule has 3 atom stereocenters. The summed E-state index contributed by atoms with van der Waals surface area (Å²) >= 11 is 0. The molecule has 100 valence electrons. The van der Waals surface area contributed by atoms with E-state index in [1.54, 1.807) is 0 Å². The van der Waals surface area contributed by atoms with E-state index in [2.05, 4.69) is 24.3 Å². The van der Waals surface area contributed by atoms with E-state index in [4.69, 9.17) is 0 Å². The third-order valence-corrected chi connectivity index (χ3v) is 5.85. The van der Waals surface area contributed by atoms with Gasteiger partial charge in [-0.25, -0.2) is 0 Å². The maximum absolute atomic E-state index is 12.5. The lowest BCUT2D eigenvalue weighted by molar-refractivity contribution is -0.123. The molecule has 4 rings (SSSR count). The van der Waals surface area contributed by atoms with Crippen molar-refractivity contribution in [1.29, 1.82) is 0 Å². The quantitative estimate of drug-likeness (QED) is 0.802. The van der Waals surface area contributed by atoms with Gasteiger partial charge in [-0.1, -0.05) is 30.7 Å². The fourth-order valence-corrected chi connectivity index (χ4v) is 4.84. The molecule has 3 aliphatic rings. The van der Waals surface area contributed by atoms with Crippen LogP contribution in [0.3, 0.4) is 0 Å². The topological polar surface area (TPSA) is 17.1 Å². The molecule has 19 heavy (non-hydrogen) atoms. The summed E-state index contributed by atoms with van der Waals surface area (Å²) in [6, 6.07) is 8.59. The van der Waals surface area contributed by atoms with E-state index >= 15 is 0 Å². The third kappa shape index (κ3) is 2.04. The second-order valence-corrected chi connectivity index (χ2v) is 6.98. The maximum Gasteiger partial charge on any atom is 0.136 e. The Morgan fingerprint density at radius 1 is 1.05 bits per heavy atom. The Balaban J connectivity index is 1.40. The van der Waals surface area contributed by atoms with Gasteiger partial charge in [0.15, 0.2) is 0 Å². The van der Waals surface area contributed by atoms with E-state index < -0.39 is 0 Å². The zero-order chi connectivity index (χ0) is 12.8. The molecule has 1 aromatic rings. The Kier molecular flexibility index (Phi) is 2.75.